The number of anilines is 1. The van der Waals surface area contributed by atoms with Crippen LogP contribution in [0.2, 0.25) is 0 Å². The summed E-state index contributed by atoms with van der Waals surface area (Å²) in [6, 6.07) is 26.5. The molecule has 41 heavy (non-hydrogen) atoms. The van der Waals surface area contributed by atoms with E-state index in [1.807, 2.05) is 0 Å². The number of hydrogen-bond donors (Lipinski definition) is 1. The Morgan fingerprint density at radius 3 is 2.32 bits per heavy atom. The van der Waals surface area contributed by atoms with Crippen molar-refractivity contribution in [3.63, 3.8) is 0 Å². The van der Waals surface area contributed by atoms with Gasteiger partial charge in [-0.05, 0) is 114 Å². The Hall–Kier alpha value is -4.11. The third-order valence-electron chi connectivity index (χ3n) is 9.12. The topological polar surface area (TPSA) is 16.4 Å². The smallest absolute Gasteiger partial charge is 0.123 e. The van der Waals surface area contributed by atoms with Gasteiger partial charge in [0.2, 0.25) is 0 Å². The molecule has 1 aliphatic rings. The van der Waals surface area contributed by atoms with Crippen LogP contribution < -0.4 is 5.32 Å². The minimum Gasteiger partial charge on any atom is -0.359 e. The lowest BCUT2D eigenvalue weighted by atomic mass is 9.84. The van der Waals surface area contributed by atoms with Gasteiger partial charge in [0.05, 0.1) is 0 Å². The maximum absolute atomic E-state index is 13.2. The number of halogens is 1. The van der Waals surface area contributed by atoms with Crippen molar-refractivity contribution >= 4 is 11.2 Å². The summed E-state index contributed by atoms with van der Waals surface area (Å²) in [5.74, 6) is 0.864. The van der Waals surface area contributed by atoms with Crippen LogP contribution in [0.5, 0.6) is 0 Å². The van der Waals surface area contributed by atoms with Gasteiger partial charge in [0, 0.05) is 41.6 Å². The van der Waals surface area contributed by atoms with Gasteiger partial charge in [-0.1, -0.05) is 68.8 Å². The van der Waals surface area contributed by atoms with E-state index in [4.69, 9.17) is 0 Å². The Kier molecular flexibility index (Phi) is 7.53. The van der Waals surface area contributed by atoms with Crippen LogP contribution in [0.3, 0.4) is 0 Å². The zero-order chi connectivity index (χ0) is 28.5. The van der Waals surface area contributed by atoms with E-state index in [1.54, 1.807) is 17.7 Å². The summed E-state index contributed by atoms with van der Waals surface area (Å²) >= 11 is 0. The highest BCUT2D eigenvalue weighted by molar-refractivity contribution is 5.69. The molecule has 5 aromatic rings. The summed E-state index contributed by atoms with van der Waals surface area (Å²) < 4.78 is 15.4. The van der Waals surface area contributed by atoms with E-state index in [0.717, 1.165) is 22.9 Å². The van der Waals surface area contributed by atoms with Gasteiger partial charge < -0.3 is 9.72 Å². The molecule has 6 rings (SSSR count). The summed E-state index contributed by atoms with van der Waals surface area (Å²) in [5.41, 5.74) is 13.7. The molecule has 0 radical (unpaired) electrons. The first-order valence-electron chi connectivity index (χ1n) is 14.9. The SMILES string of the molecule is C=C(Cc1ccc(F)cc1)Nc1ccc(-c2ccc3cc([C@@H](C)c4ccc(C5CCCC5)c(C)c4C)cn3c2)cc1. The van der Waals surface area contributed by atoms with Gasteiger partial charge in [-0.2, -0.15) is 0 Å². The second-order valence-electron chi connectivity index (χ2n) is 11.8. The van der Waals surface area contributed by atoms with E-state index in [1.165, 1.54) is 76.7 Å². The van der Waals surface area contributed by atoms with Crippen molar-refractivity contribution in [1.82, 2.24) is 4.40 Å². The molecule has 1 fully saturated rings. The fourth-order valence-corrected chi connectivity index (χ4v) is 6.57. The van der Waals surface area contributed by atoms with Crippen LogP contribution in [0.4, 0.5) is 10.1 Å². The highest BCUT2D eigenvalue weighted by Gasteiger charge is 2.22. The van der Waals surface area contributed by atoms with Gasteiger partial charge in [0.1, 0.15) is 5.82 Å². The molecule has 2 nitrogen and oxygen atoms in total. The average molecular weight is 543 g/mol. The van der Waals surface area contributed by atoms with Crippen molar-refractivity contribution in [1.29, 1.82) is 0 Å². The van der Waals surface area contributed by atoms with Gasteiger partial charge in [-0.25, -0.2) is 4.39 Å². The molecule has 0 aliphatic heterocycles. The lowest BCUT2D eigenvalue weighted by Gasteiger charge is -2.21. The van der Waals surface area contributed by atoms with E-state index < -0.39 is 0 Å². The molecular weight excluding hydrogens is 503 g/mol. The first-order valence-corrected chi connectivity index (χ1v) is 14.9. The lowest BCUT2D eigenvalue weighted by molar-refractivity contribution is 0.627. The molecule has 0 saturated heterocycles. The molecule has 0 bridgehead atoms. The van der Waals surface area contributed by atoms with Crippen molar-refractivity contribution in [3.05, 3.63) is 143 Å². The molecule has 1 N–H and O–H groups in total. The molecule has 3 heteroatoms. The van der Waals surface area contributed by atoms with Crippen LogP contribution >= 0.6 is 0 Å². The maximum atomic E-state index is 13.2. The van der Waals surface area contributed by atoms with Crippen LogP contribution in [-0.2, 0) is 6.42 Å². The largest absolute Gasteiger partial charge is 0.359 e. The third-order valence-corrected chi connectivity index (χ3v) is 9.12. The van der Waals surface area contributed by atoms with Crippen molar-refractivity contribution in [2.45, 2.75) is 64.7 Å². The number of rotatable bonds is 8. The minimum atomic E-state index is -0.221. The first kappa shape index (κ1) is 27.1. The fraction of sp³-hybridized carbons (Fsp3) is 0.263. The highest BCUT2D eigenvalue weighted by atomic mass is 19.1. The molecule has 208 valence electrons. The van der Waals surface area contributed by atoms with Gasteiger partial charge in [0.15, 0.2) is 0 Å². The van der Waals surface area contributed by atoms with E-state index in [0.29, 0.717) is 12.3 Å². The summed E-state index contributed by atoms with van der Waals surface area (Å²) in [7, 11) is 0. The lowest BCUT2D eigenvalue weighted by Crippen LogP contribution is -2.04. The molecule has 2 aromatic heterocycles. The van der Waals surface area contributed by atoms with Gasteiger partial charge in [-0.3, -0.25) is 0 Å². The molecule has 1 saturated carbocycles. The Morgan fingerprint density at radius 2 is 1.59 bits per heavy atom. The van der Waals surface area contributed by atoms with Crippen molar-refractivity contribution in [3.8, 4) is 11.1 Å². The molecule has 0 spiro atoms. The van der Waals surface area contributed by atoms with Crippen molar-refractivity contribution in [2.75, 3.05) is 5.32 Å². The molecule has 0 amide bonds. The average Bonchev–Trinajstić information content (AvgIpc) is 3.66. The number of nitrogens with zero attached hydrogens (tertiary/aromatic N) is 1. The monoisotopic (exact) mass is 542 g/mol. The number of aromatic nitrogens is 1. The molecule has 2 heterocycles. The predicted octanol–water partition coefficient (Wildman–Crippen LogP) is 10.3. The summed E-state index contributed by atoms with van der Waals surface area (Å²) in [6.07, 6.45) is 10.6. The standard InChI is InChI=1S/C38H39FN2/c1-25(21-29-9-14-34(39)15-10-29)40-35-16-11-30(12-17-35)32-13-18-36-22-33(24-41(36)23-32)28(4)37-19-20-38(27(3)26(37)2)31-7-5-6-8-31/h9-20,22-24,28,31,40H,1,5-8,21H2,2-4H3/t28-/m1/s1. The van der Waals surface area contributed by atoms with E-state index >= 15 is 0 Å². The summed E-state index contributed by atoms with van der Waals surface area (Å²) in [4.78, 5) is 0. The third kappa shape index (κ3) is 5.72. The van der Waals surface area contributed by atoms with Crippen LogP contribution in [0, 0.1) is 19.7 Å². The molecule has 1 aliphatic carbocycles. The first-order chi connectivity index (χ1) is 19.9. The molecule has 1 atom stereocenters. The van der Waals surface area contributed by atoms with Gasteiger partial charge >= 0.3 is 0 Å². The number of fused-ring (bicyclic) bond motifs is 1. The number of nitrogens with one attached hydrogen (secondary N) is 1. The fourth-order valence-electron chi connectivity index (χ4n) is 6.57. The highest BCUT2D eigenvalue weighted by Crippen LogP contribution is 2.39. The van der Waals surface area contributed by atoms with Crippen LogP contribution in [-0.4, -0.2) is 4.40 Å². The minimum absolute atomic E-state index is 0.221. The normalized spacial score (nSPS) is 14.4. The maximum Gasteiger partial charge on any atom is 0.123 e. The zero-order valence-corrected chi connectivity index (χ0v) is 24.4. The van der Waals surface area contributed by atoms with Crippen LogP contribution in [0.15, 0.2) is 104 Å². The van der Waals surface area contributed by atoms with Crippen molar-refractivity contribution < 1.29 is 4.39 Å². The van der Waals surface area contributed by atoms with Gasteiger partial charge in [0.25, 0.3) is 0 Å². The molecule has 3 aromatic carbocycles. The quantitative estimate of drug-likeness (QED) is 0.206. The Morgan fingerprint density at radius 1 is 0.878 bits per heavy atom. The Balaban J connectivity index is 1.17. The number of benzene rings is 3. The Bertz CT molecular complexity index is 1690. The number of allylic oxidation sites excluding steroid dienone is 1. The van der Waals surface area contributed by atoms with E-state index in [-0.39, 0.29) is 5.82 Å². The van der Waals surface area contributed by atoms with E-state index in [9.17, 15) is 4.39 Å². The predicted molar refractivity (Wildman–Crippen MR) is 170 cm³/mol. The summed E-state index contributed by atoms with van der Waals surface area (Å²) in [6.45, 7) is 11.1. The van der Waals surface area contributed by atoms with Crippen molar-refractivity contribution in [2.24, 2.45) is 0 Å². The second-order valence-corrected chi connectivity index (χ2v) is 11.8. The van der Waals surface area contributed by atoms with E-state index in [2.05, 4.69) is 104 Å². The zero-order valence-electron chi connectivity index (χ0n) is 24.4. The second kappa shape index (κ2) is 11.4. The van der Waals surface area contributed by atoms with Crippen LogP contribution in [0.25, 0.3) is 16.6 Å². The summed E-state index contributed by atoms with van der Waals surface area (Å²) in [5, 5.41) is 3.38. The Labute approximate surface area is 243 Å². The molecule has 0 unspecified atom stereocenters. The number of hydrogen-bond acceptors (Lipinski definition) is 1. The van der Waals surface area contributed by atoms with Gasteiger partial charge in [-0.15, -0.1) is 0 Å². The molecular formula is C38H39FN2. The number of pyridine rings is 1. The van der Waals surface area contributed by atoms with Crippen LogP contribution in [0.1, 0.15) is 77.8 Å².